The van der Waals surface area contributed by atoms with Crippen molar-refractivity contribution < 1.29 is 14.7 Å². The standard InChI is InChI=1S/C16H14ClNO3S/c17-11-5-7-12(8-6-11)22-14-4-2-1-3-13(14)18-15(19)9-10-16(20)21/h1-8H,9-10H2,(H,18,19)(H,20,21)/p-1. The molecule has 6 heteroatoms. The number of aliphatic carboxylic acids is 1. The topological polar surface area (TPSA) is 69.2 Å². The molecule has 1 N–H and O–H groups in total. The maximum atomic E-state index is 11.7. The Morgan fingerprint density at radius 3 is 2.41 bits per heavy atom. The zero-order valence-electron chi connectivity index (χ0n) is 11.5. The molecule has 0 saturated heterocycles. The van der Waals surface area contributed by atoms with Gasteiger partial charge in [0.25, 0.3) is 0 Å². The number of anilines is 1. The summed E-state index contributed by atoms with van der Waals surface area (Å²) >= 11 is 7.34. The van der Waals surface area contributed by atoms with Crippen molar-refractivity contribution in [3.8, 4) is 0 Å². The minimum absolute atomic E-state index is 0.109. The van der Waals surface area contributed by atoms with E-state index in [1.165, 1.54) is 11.8 Å². The van der Waals surface area contributed by atoms with E-state index in [0.29, 0.717) is 10.7 Å². The molecular weight excluding hydrogens is 322 g/mol. The van der Waals surface area contributed by atoms with Gasteiger partial charge in [-0.05, 0) is 42.8 Å². The normalized spacial score (nSPS) is 10.2. The Labute approximate surface area is 137 Å². The number of carbonyl (C=O) groups excluding carboxylic acids is 2. The first-order valence-electron chi connectivity index (χ1n) is 6.57. The number of carboxylic acid groups (broad SMARTS) is 1. The summed E-state index contributed by atoms with van der Waals surface area (Å²) in [5.74, 6) is -1.59. The van der Waals surface area contributed by atoms with Crippen LogP contribution in [0.5, 0.6) is 0 Å². The molecule has 22 heavy (non-hydrogen) atoms. The number of carbonyl (C=O) groups is 2. The predicted octanol–water partition coefficient (Wildman–Crippen LogP) is 2.96. The van der Waals surface area contributed by atoms with Crippen LogP contribution < -0.4 is 10.4 Å². The van der Waals surface area contributed by atoms with Gasteiger partial charge in [-0.15, -0.1) is 0 Å². The van der Waals surface area contributed by atoms with Crippen LogP contribution in [0, 0.1) is 0 Å². The predicted molar refractivity (Wildman–Crippen MR) is 84.9 cm³/mol. The van der Waals surface area contributed by atoms with Gasteiger partial charge < -0.3 is 15.2 Å². The van der Waals surface area contributed by atoms with Crippen molar-refractivity contribution >= 4 is 40.9 Å². The summed E-state index contributed by atoms with van der Waals surface area (Å²) in [4.78, 5) is 24.0. The fraction of sp³-hybridized carbons (Fsp3) is 0.125. The molecule has 0 aromatic heterocycles. The summed E-state index contributed by atoms with van der Waals surface area (Å²) in [7, 11) is 0. The molecule has 1 amide bonds. The average Bonchev–Trinajstić information content (AvgIpc) is 2.49. The number of rotatable bonds is 6. The molecule has 0 bridgehead atoms. The van der Waals surface area contributed by atoms with E-state index in [9.17, 15) is 14.7 Å². The largest absolute Gasteiger partial charge is 0.550 e. The van der Waals surface area contributed by atoms with Gasteiger partial charge in [0.15, 0.2) is 0 Å². The first-order chi connectivity index (χ1) is 10.5. The lowest BCUT2D eigenvalue weighted by atomic mass is 10.2. The zero-order chi connectivity index (χ0) is 15.9. The van der Waals surface area contributed by atoms with E-state index in [0.717, 1.165) is 9.79 Å². The van der Waals surface area contributed by atoms with Crippen molar-refractivity contribution in [2.75, 3.05) is 5.32 Å². The monoisotopic (exact) mass is 334 g/mol. The lowest BCUT2D eigenvalue weighted by Gasteiger charge is -2.11. The van der Waals surface area contributed by atoms with Crippen molar-refractivity contribution in [1.82, 2.24) is 0 Å². The highest BCUT2D eigenvalue weighted by atomic mass is 35.5. The molecule has 0 saturated carbocycles. The van der Waals surface area contributed by atoms with Gasteiger partial charge in [-0.2, -0.15) is 0 Å². The van der Waals surface area contributed by atoms with E-state index >= 15 is 0 Å². The number of benzene rings is 2. The summed E-state index contributed by atoms with van der Waals surface area (Å²) in [6.07, 6.45) is -0.402. The molecule has 2 aromatic rings. The van der Waals surface area contributed by atoms with Gasteiger partial charge in [0.05, 0.1) is 5.69 Å². The van der Waals surface area contributed by atoms with Crippen LogP contribution in [0.1, 0.15) is 12.8 Å². The molecule has 0 aliphatic carbocycles. The number of hydrogen-bond donors (Lipinski definition) is 1. The molecule has 0 aliphatic heterocycles. The van der Waals surface area contributed by atoms with Crippen LogP contribution in [0.15, 0.2) is 58.3 Å². The van der Waals surface area contributed by atoms with E-state index in [-0.39, 0.29) is 18.7 Å². The summed E-state index contributed by atoms with van der Waals surface area (Å²) in [5.41, 5.74) is 0.644. The SMILES string of the molecule is O=C([O-])CCC(=O)Nc1ccccc1Sc1ccc(Cl)cc1. The van der Waals surface area contributed by atoms with E-state index in [2.05, 4.69) is 5.32 Å². The van der Waals surface area contributed by atoms with Crippen LogP contribution in [0.25, 0.3) is 0 Å². The van der Waals surface area contributed by atoms with Crippen LogP contribution in [0.3, 0.4) is 0 Å². The average molecular weight is 335 g/mol. The Kier molecular flexibility index (Phi) is 5.86. The Morgan fingerprint density at radius 2 is 1.73 bits per heavy atom. The summed E-state index contributed by atoms with van der Waals surface area (Å²) in [5, 5.41) is 13.8. The Morgan fingerprint density at radius 1 is 1.05 bits per heavy atom. The van der Waals surface area contributed by atoms with Crippen molar-refractivity contribution in [3.05, 3.63) is 53.6 Å². The highest BCUT2D eigenvalue weighted by Crippen LogP contribution is 2.33. The number of para-hydroxylation sites is 1. The van der Waals surface area contributed by atoms with Gasteiger partial charge >= 0.3 is 0 Å². The molecule has 0 aliphatic rings. The highest BCUT2D eigenvalue weighted by molar-refractivity contribution is 7.99. The first-order valence-corrected chi connectivity index (χ1v) is 7.76. The molecule has 0 radical (unpaired) electrons. The van der Waals surface area contributed by atoms with Crippen LogP contribution in [0.4, 0.5) is 5.69 Å². The minimum atomic E-state index is -1.24. The van der Waals surface area contributed by atoms with Crippen molar-refractivity contribution in [1.29, 1.82) is 0 Å². The maximum absolute atomic E-state index is 11.7. The third-order valence-electron chi connectivity index (χ3n) is 2.76. The third kappa shape index (κ3) is 5.09. The molecule has 2 rings (SSSR count). The Balaban J connectivity index is 2.07. The smallest absolute Gasteiger partial charge is 0.224 e. The second-order valence-electron chi connectivity index (χ2n) is 4.47. The Bertz CT molecular complexity index is 673. The molecule has 0 heterocycles. The van der Waals surface area contributed by atoms with E-state index < -0.39 is 5.97 Å². The van der Waals surface area contributed by atoms with Gasteiger partial charge in [-0.1, -0.05) is 35.5 Å². The number of carboxylic acids is 1. The molecular formula is C16H13ClNO3S-. The second-order valence-corrected chi connectivity index (χ2v) is 6.02. The van der Waals surface area contributed by atoms with E-state index in [1.807, 2.05) is 24.3 Å². The molecule has 114 valence electrons. The van der Waals surface area contributed by atoms with Crippen molar-refractivity contribution in [2.45, 2.75) is 22.6 Å². The Hall–Kier alpha value is -1.98. The highest BCUT2D eigenvalue weighted by Gasteiger charge is 2.08. The summed E-state index contributed by atoms with van der Waals surface area (Å²) in [6.45, 7) is 0. The van der Waals surface area contributed by atoms with E-state index in [4.69, 9.17) is 11.6 Å². The molecule has 2 aromatic carbocycles. The van der Waals surface area contributed by atoms with E-state index in [1.54, 1.807) is 24.3 Å². The molecule has 0 unspecified atom stereocenters. The number of amides is 1. The van der Waals surface area contributed by atoms with Crippen molar-refractivity contribution in [2.24, 2.45) is 0 Å². The molecule has 0 atom stereocenters. The number of halogens is 1. The second kappa shape index (κ2) is 7.87. The molecule has 0 fully saturated rings. The van der Waals surface area contributed by atoms with Crippen LogP contribution in [-0.4, -0.2) is 11.9 Å². The van der Waals surface area contributed by atoms with Gasteiger partial charge in [0.1, 0.15) is 0 Å². The first kappa shape index (κ1) is 16.4. The number of hydrogen-bond acceptors (Lipinski definition) is 4. The lowest BCUT2D eigenvalue weighted by molar-refractivity contribution is -0.305. The quantitative estimate of drug-likeness (QED) is 0.881. The van der Waals surface area contributed by atoms with Gasteiger partial charge in [-0.3, -0.25) is 4.79 Å². The molecule has 0 spiro atoms. The van der Waals surface area contributed by atoms with Gasteiger partial charge in [0, 0.05) is 27.2 Å². The van der Waals surface area contributed by atoms with Gasteiger partial charge in [-0.25, -0.2) is 0 Å². The molecule has 4 nitrogen and oxygen atoms in total. The zero-order valence-corrected chi connectivity index (χ0v) is 13.1. The van der Waals surface area contributed by atoms with Crippen molar-refractivity contribution in [3.63, 3.8) is 0 Å². The van der Waals surface area contributed by atoms with Crippen LogP contribution in [0.2, 0.25) is 5.02 Å². The lowest BCUT2D eigenvalue weighted by Crippen LogP contribution is -2.24. The fourth-order valence-electron chi connectivity index (χ4n) is 1.72. The van der Waals surface area contributed by atoms with Crippen LogP contribution >= 0.6 is 23.4 Å². The fourth-order valence-corrected chi connectivity index (χ4v) is 2.74. The third-order valence-corrected chi connectivity index (χ3v) is 4.09. The summed E-state index contributed by atoms with van der Waals surface area (Å²) in [6, 6.07) is 14.7. The summed E-state index contributed by atoms with van der Waals surface area (Å²) < 4.78 is 0. The number of nitrogens with one attached hydrogen (secondary N) is 1. The van der Waals surface area contributed by atoms with Crippen LogP contribution in [-0.2, 0) is 9.59 Å². The maximum Gasteiger partial charge on any atom is 0.224 e. The minimum Gasteiger partial charge on any atom is -0.550 e. The van der Waals surface area contributed by atoms with Gasteiger partial charge in [0.2, 0.25) is 5.91 Å².